The minimum atomic E-state index is -1.72. The van der Waals surface area contributed by atoms with Crippen molar-refractivity contribution < 1.29 is 5.11 Å². The van der Waals surface area contributed by atoms with Crippen molar-refractivity contribution in [3.8, 4) is 0 Å². The van der Waals surface area contributed by atoms with Gasteiger partial charge in [-0.1, -0.05) is 19.6 Å². The van der Waals surface area contributed by atoms with E-state index >= 15 is 0 Å². The molecule has 1 unspecified atom stereocenters. The lowest BCUT2D eigenvalue weighted by molar-refractivity contribution is 0.191. The van der Waals surface area contributed by atoms with Crippen molar-refractivity contribution in [1.29, 1.82) is 5.41 Å². The van der Waals surface area contributed by atoms with Gasteiger partial charge in [0, 0.05) is 14.1 Å². The van der Waals surface area contributed by atoms with Gasteiger partial charge in [-0.05, 0) is 6.92 Å². The fourth-order valence-electron chi connectivity index (χ4n) is 0.791. The van der Waals surface area contributed by atoms with E-state index in [1.807, 2.05) is 0 Å². The van der Waals surface area contributed by atoms with Gasteiger partial charge in [0.15, 0.2) is 0 Å². The lowest BCUT2D eigenvalue weighted by atomic mass is 10.3. The summed E-state index contributed by atoms with van der Waals surface area (Å²) in [7, 11) is 1.86. The maximum Gasteiger partial charge on any atom is 0.124 e. The van der Waals surface area contributed by atoms with Crippen molar-refractivity contribution in [2.24, 2.45) is 0 Å². The van der Waals surface area contributed by atoms with E-state index in [1.165, 1.54) is 0 Å². The van der Waals surface area contributed by atoms with Crippen molar-refractivity contribution in [2.45, 2.75) is 31.8 Å². The number of nitrogens with one attached hydrogen (secondary N) is 1. The highest BCUT2D eigenvalue weighted by Gasteiger charge is 2.41. The molecule has 4 heteroatoms. The summed E-state index contributed by atoms with van der Waals surface area (Å²) in [4.78, 5) is 1.66. The normalized spacial score (nSPS) is 16.9. The van der Waals surface area contributed by atoms with Gasteiger partial charge >= 0.3 is 0 Å². The highest BCUT2D eigenvalue weighted by molar-refractivity contribution is 6.82. The summed E-state index contributed by atoms with van der Waals surface area (Å²) in [6.45, 7) is 7.92. The summed E-state index contributed by atoms with van der Waals surface area (Å²) in [5, 5.41) is 16.9. The van der Waals surface area contributed by atoms with E-state index in [-0.39, 0.29) is 0 Å². The Balaban J connectivity index is 4.74. The van der Waals surface area contributed by atoms with Crippen molar-refractivity contribution >= 4 is 13.9 Å². The number of hydrogen-bond donors (Lipinski definition) is 2. The molecular formula is C8H20N2OSi. The van der Waals surface area contributed by atoms with Crippen molar-refractivity contribution in [2.75, 3.05) is 14.1 Å². The van der Waals surface area contributed by atoms with Crippen LogP contribution in [-0.2, 0) is 0 Å². The van der Waals surface area contributed by atoms with Crippen LogP contribution in [0, 0.1) is 5.41 Å². The van der Waals surface area contributed by atoms with E-state index in [0.717, 1.165) is 0 Å². The second-order valence-corrected chi connectivity index (χ2v) is 10.0. The summed E-state index contributed by atoms with van der Waals surface area (Å²) in [5.41, 5.74) is 0. The average molecular weight is 188 g/mol. The van der Waals surface area contributed by atoms with Crippen molar-refractivity contribution in [3.63, 3.8) is 0 Å². The van der Waals surface area contributed by atoms with Gasteiger partial charge in [-0.2, -0.15) is 0 Å². The molecule has 3 nitrogen and oxygen atoms in total. The van der Waals surface area contributed by atoms with Gasteiger partial charge in [0.2, 0.25) is 0 Å². The predicted octanol–water partition coefficient (Wildman–Crippen LogP) is 1.15. The molecule has 0 aliphatic rings. The Kier molecular flexibility index (Phi) is 3.09. The third kappa shape index (κ3) is 2.07. The molecule has 0 aliphatic carbocycles. The molecule has 0 aliphatic heterocycles. The van der Waals surface area contributed by atoms with E-state index in [9.17, 15) is 5.11 Å². The van der Waals surface area contributed by atoms with E-state index in [0.29, 0.717) is 5.84 Å². The first-order valence-corrected chi connectivity index (χ1v) is 7.59. The van der Waals surface area contributed by atoms with Gasteiger partial charge in [-0.3, -0.25) is 5.41 Å². The molecule has 1 atom stereocenters. The summed E-state index contributed by atoms with van der Waals surface area (Å²) in [6.07, 6.45) is 0. The second-order valence-electron chi connectivity index (χ2n) is 4.57. The van der Waals surface area contributed by atoms with E-state index < -0.39 is 13.3 Å². The van der Waals surface area contributed by atoms with E-state index in [2.05, 4.69) is 19.6 Å². The number of aliphatic hydroxyl groups is 1. The zero-order chi connectivity index (χ0) is 10.2. The Morgan fingerprint density at radius 2 is 1.67 bits per heavy atom. The minimum Gasteiger partial charge on any atom is -0.386 e. The maximum atomic E-state index is 10.1. The molecule has 72 valence electrons. The topological polar surface area (TPSA) is 47.3 Å². The number of nitrogens with zero attached hydrogens (tertiary/aromatic N) is 1. The van der Waals surface area contributed by atoms with Gasteiger partial charge in [-0.25, -0.2) is 0 Å². The smallest absolute Gasteiger partial charge is 0.124 e. The molecule has 0 rings (SSSR count). The zero-order valence-electron chi connectivity index (χ0n) is 8.89. The van der Waals surface area contributed by atoms with Crippen LogP contribution >= 0.6 is 0 Å². The van der Waals surface area contributed by atoms with Crippen LogP contribution in [0.1, 0.15) is 6.92 Å². The largest absolute Gasteiger partial charge is 0.386 e. The lowest BCUT2D eigenvalue weighted by Crippen LogP contribution is -2.59. The maximum absolute atomic E-state index is 10.1. The summed E-state index contributed by atoms with van der Waals surface area (Å²) < 4.78 is 0. The molecule has 0 heterocycles. The third-order valence-electron chi connectivity index (χ3n) is 2.37. The van der Waals surface area contributed by atoms with Crippen LogP contribution in [0.5, 0.6) is 0 Å². The second kappa shape index (κ2) is 3.18. The number of rotatable bonds is 2. The molecular weight excluding hydrogens is 168 g/mol. The average Bonchev–Trinajstić information content (AvgIpc) is 1.83. The third-order valence-corrected chi connectivity index (χ3v) is 5.53. The van der Waals surface area contributed by atoms with Crippen LogP contribution in [0.3, 0.4) is 0 Å². The van der Waals surface area contributed by atoms with Gasteiger partial charge in [-0.15, -0.1) is 0 Å². The van der Waals surface area contributed by atoms with Crippen molar-refractivity contribution in [1.82, 2.24) is 4.90 Å². The summed E-state index contributed by atoms with van der Waals surface area (Å²) in [6, 6.07) is 0. The highest BCUT2D eigenvalue weighted by Crippen LogP contribution is 2.21. The zero-order valence-corrected chi connectivity index (χ0v) is 9.89. The predicted molar refractivity (Wildman–Crippen MR) is 55.4 cm³/mol. The van der Waals surface area contributed by atoms with Gasteiger partial charge < -0.3 is 10.0 Å². The first-order chi connectivity index (χ1) is 5.10. The fourth-order valence-corrected chi connectivity index (χ4v) is 1.72. The van der Waals surface area contributed by atoms with Crippen LogP contribution in [0.15, 0.2) is 0 Å². The lowest BCUT2D eigenvalue weighted by Gasteiger charge is -2.38. The Morgan fingerprint density at radius 1 is 1.33 bits per heavy atom. The van der Waals surface area contributed by atoms with Gasteiger partial charge in [0.25, 0.3) is 0 Å². The van der Waals surface area contributed by atoms with Crippen LogP contribution in [-0.4, -0.2) is 43.2 Å². The molecule has 0 aromatic heterocycles. The molecule has 0 bridgehead atoms. The summed E-state index contributed by atoms with van der Waals surface area (Å²) >= 11 is 0. The van der Waals surface area contributed by atoms with Crippen LogP contribution < -0.4 is 0 Å². The number of likely N-dealkylation sites (N-methyl/N-ethyl adjacent to an activating group) is 1. The van der Waals surface area contributed by atoms with Crippen LogP contribution in [0.4, 0.5) is 0 Å². The standard InChI is InChI=1S/C8H20N2OSi/c1-8(11,12(4,5)6)7(9)10(2)3/h9,11H,1-6H3. The Labute approximate surface area is 75.9 Å². The van der Waals surface area contributed by atoms with Gasteiger partial charge in [0.05, 0.1) is 8.07 Å². The molecule has 0 saturated heterocycles. The van der Waals surface area contributed by atoms with E-state index in [1.54, 1.807) is 25.9 Å². The first-order valence-electron chi connectivity index (χ1n) is 4.09. The van der Waals surface area contributed by atoms with Crippen LogP contribution in [0.2, 0.25) is 19.6 Å². The first kappa shape index (κ1) is 11.6. The van der Waals surface area contributed by atoms with E-state index in [4.69, 9.17) is 5.41 Å². The molecule has 0 aromatic rings. The fraction of sp³-hybridized carbons (Fsp3) is 0.875. The summed E-state index contributed by atoms with van der Waals surface area (Å²) in [5.74, 6) is 0.307. The van der Waals surface area contributed by atoms with Crippen LogP contribution in [0.25, 0.3) is 0 Å². The number of hydrogen-bond acceptors (Lipinski definition) is 2. The monoisotopic (exact) mass is 188 g/mol. The van der Waals surface area contributed by atoms with Crippen molar-refractivity contribution in [3.05, 3.63) is 0 Å². The van der Waals surface area contributed by atoms with Gasteiger partial charge in [0.1, 0.15) is 11.1 Å². The number of amidine groups is 1. The Bertz CT molecular complexity index is 182. The minimum absolute atomic E-state index is 0.307. The molecule has 0 fully saturated rings. The molecule has 0 saturated carbocycles. The molecule has 0 aromatic carbocycles. The molecule has 0 radical (unpaired) electrons. The highest BCUT2D eigenvalue weighted by atomic mass is 28.3. The molecule has 2 N–H and O–H groups in total. The quantitative estimate of drug-likeness (QED) is 0.388. The molecule has 12 heavy (non-hydrogen) atoms. The Morgan fingerprint density at radius 3 is 1.75 bits per heavy atom. The SMILES string of the molecule is CN(C)C(=N)C(C)(O)[Si](C)(C)C. The molecule has 0 amide bonds. The Hall–Kier alpha value is -0.353. The molecule has 0 spiro atoms.